The molecule has 1 aromatic heterocycles. The fraction of sp³-hybridized carbons (Fsp3) is 0.188. The number of pyridine rings is 1. The van der Waals surface area contributed by atoms with Gasteiger partial charge in [0.1, 0.15) is 0 Å². The summed E-state index contributed by atoms with van der Waals surface area (Å²) in [6.07, 6.45) is 2.96. The minimum absolute atomic E-state index is 0.117. The first kappa shape index (κ1) is 13.1. The number of carbonyl (C=O) groups excluding carboxylic acids is 2. The highest BCUT2D eigenvalue weighted by Crippen LogP contribution is 2.13. The summed E-state index contributed by atoms with van der Waals surface area (Å²) in [6.45, 7) is 3.94. The number of rotatable bonds is 4. The molecule has 0 N–H and O–H groups in total. The van der Waals surface area contributed by atoms with Gasteiger partial charge in [-0.1, -0.05) is 12.1 Å². The highest BCUT2D eigenvalue weighted by Gasteiger charge is 2.14. The summed E-state index contributed by atoms with van der Waals surface area (Å²) < 4.78 is 0. The van der Waals surface area contributed by atoms with Crippen LogP contribution in [0.15, 0.2) is 42.7 Å². The van der Waals surface area contributed by atoms with Gasteiger partial charge in [-0.2, -0.15) is 0 Å². The predicted molar refractivity (Wildman–Crippen MR) is 73.4 cm³/mol. The molecule has 2 aromatic rings. The van der Waals surface area contributed by atoms with Gasteiger partial charge in [-0.15, -0.1) is 0 Å². The van der Waals surface area contributed by atoms with Crippen LogP contribution >= 0.6 is 0 Å². The van der Waals surface area contributed by atoms with Gasteiger partial charge in [0.15, 0.2) is 11.6 Å². The average molecular weight is 253 g/mol. The molecule has 1 heterocycles. The van der Waals surface area contributed by atoms with E-state index in [2.05, 4.69) is 4.98 Å². The zero-order chi connectivity index (χ0) is 13.8. The summed E-state index contributed by atoms with van der Waals surface area (Å²) in [5.41, 5.74) is 3.25. The SMILES string of the molecule is Cc1ccc(C(=O)CC(=O)c2cccnc2)cc1C. The van der Waals surface area contributed by atoms with Gasteiger partial charge in [-0.3, -0.25) is 14.6 Å². The zero-order valence-corrected chi connectivity index (χ0v) is 11.0. The number of aromatic nitrogens is 1. The van der Waals surface area contributed by atoms with E-state index in [1.807, 2.05) is 26.0 Å². The van der Waals surface area contributed by atoms with E-state index in [1.165, 1.54) is 6.20 Å². The molecular formula is C16H15NO2. The third-order valence-corrected chi connectivity index (χ3v) is 3.13. The second-order valence-electron chi connectivity index (χ2n) is 4.56. The standard InChI is InChI=1S/C16H15NO2/c1-11-5-6-13(8-12(11)2)15(18)9-16(19)14-4-3-7-17-10-14/h3-8,10H,9H2,1-2H3. The molecule has 2 rings (SSSR count). The van der Waals surface area contributed by atoms with Crippen LogP contribution in [-0.4, -0.2) is 16.6 Å². The topological polar surface area (TPSA) is 47.0 Å². The Morgan fingerprint density at radius 1 is 1.00 bits per heavy atom. The number of carbonyl (C=O) groups is 2. The van der Waals surface area contributed by atoms with Crippen LogP contribution in [0, 0.1) is 13.8 Å². The first-order valence-electron chi connectivity index (χ1n) is 6.11. The number of Topliss-reactive ketones (excluding diaryl/α,β-unsaturated/α-hetero) is 2. The minimum atomic E-state index is -0.198. The van der Waals surface area contributed by atoms with E-state index in [-0.39, 0.29) is 18.0 Å². The van der Waals surface area contributed by atoms with Gasteiger partial charge in [0.25, 0.3) is 0 Å². The summed E-state index contributed by atoms with van der Waals surface area (Å²) in [7, 11) is 0. The van der Waals surface area contributed by atoms with Crippen molar-refractivity contribution in [3.8, 4) is 0 Å². The van der Waals surface area contributed by atoms with Crippen LogP contribution in [0.3, 0.4) is 0 Å². The highest BCUT2D eigenvalue weighted by molar-refractivity contribution is 6.13. The Labute approximate surface area is 112 Å². The lowest BCUT2D eigenvalue weighted by atomic mass is 9.99. The predicted octanol–water partition coefficient (Wildman–Crippen LogP) is 3.15. The molecule has 0 atom stereocenters. The second kappa shape index (κ2) is 5.57. The molecule has 0 aliphatic rings. The summed E-state index contributed by atoms with van der Waals surface area (Å²) >= 11 is 0. The molecule has 0 aliphatic carbocycles. The molecule has 3 nitrogen and oxygen atoms in total. The second-order valence-corrected chi connectivity index (χ2v) is 4.56. The van der Waals surface area contributed by atoms with Gasteiger partial charge in [0.2, 0.25) is 0 Å². The number of hydrogen-bond donors (Lipinski definition) is 0. The van der Waals surface area contributed by atoms with Crippen molar-refractivity contribution in [2.75, 3.05) is 0 Å². The van der Waals surface area contributed by atoms with Crippen molar-refractivity contribution < 1.29 is 9.59 Å². The maximum Gasteiger partial charge on any atom is 0.172 e. The molecule has 0 radical (unpaired) electrons. The number of ketones is 2. The number of benzene rings is 1. The number of aryl methyl sites for hydroxylation is 2. The fourth-order valence-corrected chi connectivity index (χ4v) is 1.79. The van der Waals surface area contributed by atoms with Gasteiger partial charge < -0.3 is 0 Å². The lowest BCUT2D eigenvalue weighted by molar-refractivity contribution is 0.0894. The Morgan fingerprint density at radius 3 is 2.37 bits per heavy atom. The largest absolute Gasteiger partial charge is 0.294 e. The quantitative estimate of drug-likeness (QED) is 0.621. The van der Waals surface area contributed by atoms with E-state index >= 15 is 0 Å². The van der Waals surface area contributed by atoms with Crippen molar-refractivity contribution in [2.45, 2.75) is 20.3 Å². The van der Waals surface area contributed by atoms with Crippen LogP contribution in [-0.2, 0) is 0 Å². The number of hydrogen-bond acceptors (Lipinski definition) is 3. The van der Waals surface area contributed by atoms with Crippen molar-refractivity contribution in [3.05, 3.63) is 65.0 Å². The molecule has 1 aromatic carbocycles. The smallest absolute Gasteiger partial charge is 0.172 e. The molecule has 0 amide bonds. The van der Waals surface area contributed by atoms with E-state index in [1.54, 1.807) is 24.4 Å². The molecule has 19 heavy (non-hydrogen) atoms. The van der Waals surface area contributed by atoms with E-state index < -0.39 is 0 Å². The molecule has 0 saturated carbocycles. The van der Waals surface area contributed by atoms with Crippen molar-refractivity contribution in [3.63, 3.8) is 0 Å². The molecule has 0 aliphatic heterocycles. The van der Waals surface area contributed by atoms with Gasteiger partial charge >= 0.3 is 0 Å². The minimum Gasteiger partial charge on any atom is -0.294 e. The van der Waals surface area contributed by atoms with Crippen molar-refractivity contribution in [2.24, 2.45) is 0 Å². The lowest BCUT2D eigenvalue weighted by Crippen LogP contribution is -2.09. The zero-order valence-electron chi connectivity index (χ0n) is 11.0. The van der Waals surface area contributed by atoms with E-state index in [9.17, 15) is 9.59 Å². The molecule has 96 valence electrons. The summed E-state index contributed by atoms with van der Waals surface area (Å²) in [4.78, 5) is 27.8. The Balaban J connectivity index is 2.13. The number of nitrogens with zero attached hydrogens (tertiary/aromatic N) is 1. The van der Waals surface area contributed by atoms with Gasteiger partial charge in [0.05, 0.1) is 6.42 Å². The Morgan fingerprint density at radius 2 is 1.74 bits per heavy atom. The fourth-order valence-electron chi connectivity index (χ4n) is 1.79. The van der Waals surface area contributed by atoms with Crippen LogP contribution in [0.4, 0.5) is 0 Å². The van der Waals surface area contributed by atoms with Crippen molar-refractivity contribution in [1.29, 1.82) is 0 Å². The van der Waals surface area contributed by atoms with Crippen LogP contribution in [0.1, 0.15) is 38.3 Å². The normalized spacial score (nSPS) is 10.2. The maximum absolute atomic E-state index is 12.1. The van der Waals surface area contributed by atoms with Crippen LogP contribution in [0.5, 0.6) is 0 Å². The van der Waals surface area contributed by atoms with Gasteiger partial charge in [-0.05, 0) is 43.2 Å². The summed E-state index contributed by atoms with van der Waals surface area (Å²) in [5.74, 6) is -0.353. The average Bonchev–Trinajstić information content (AvgIpc) is 2.42. The Bertz CT molecular complexity index is 618. The van der Waals surface area contributed by atoms with Gasteiger partial charge in [0, 0.05) is 23.5 Å². The maximum atomic E-state index is 12.1. The van der Waals surface area contributed by atoms with Crippen LogP contribution in [0.25, 0.3) is 0 Å². The lowest BCUT2D eigenvalue weighted by Gasteiger charge is -2.04. The van der Waals surface area contributed by atoms with Crippen LogP contribution in [0.2, 0.25) is 0 Å². The summed E-state index contributed by atoms with van der Waals surface area (Å²) in [6, 6.07) is 8.85. The third kappa shape index (κ3) is 3.13. The van der Waals surface area contributed by atoms with Crippen molar-refractivity contribution in [1.82, 2.24) is 4.98 Å². The Hall–Kier alpha value is -2.29. The molecule has 0 saturated heterocycles. The summed E-state index contributed by atoms with van der Waals surface area (Å²) in [5, 5.41) is 0. The van der Waals surface area contributed by atoms with E-state index in [0.29, 0.717) is 11.1 Å². The van der Waals surface area contributed by atoms with E-state index in [0.717, 1.165) is 11.1 Å². The van der Waals surface area contributed by atoms with E-state index in [4.69, 9.17) is 0 Å². The molecule has 3 heteroatoms. The Kier molecular flexibility index (Phi) is 3.85. The molecular weight excluding hydrogens is 238 g/mol. The molecule has 0 unspecified atom stereocenters. The highest BCUT2D eigenvalue weighted by atomic mass is 16.1. The molecule has 0 spiro atoms. The first-order chi connectivity index (χ1) is 9.08. The monoisotopic (exact) mass is 253 g/mol. The third-order valence-electron chi connectivity index (χ3n) is 3.13. The van der Waals surface area contributed by atoms with Gasteiger partial charge in [-0.25, -0.2) is 0 Å². The molecule has 0 fully saturated rings. The molecule has 0 bridgehead atoms. The first-order valence-corrected chi connectivity index (χ1v) is 6.11. The van der Waals surface area contributed by atoms with Crippen molar-refractivity contribution >= 4 is 11.6 Å². The van der Waals surface area contributed by atoms with Crippen LogP contribution < -0.4 is 0 Å².